The van der Waals surface area contributed by atoms with Gasteiger partial charge in [-0.2, -0.15) is 0 Å². The first-order chi connectivity index (χ1) is 12.8. The molecule has 0 aliphatic heterocycles. The number of amides is 1. The van der Waals surface area contributed by atoms with Gasteiger partial charge in [-0.25, -0.2) is 12.8 Å². The number of halogens is 1. The van der Waals surface area contributed by atoms with Crippen LogP contribution in [-0.4, -0.2) is 40.1 Å². The zero-order chi connectivity index (χ0) is 19.9. The van der Waals surface area contributed by atoms with Crippen molar-refractivity contribution in [2.75, 3.05) is 24.0 Å². The summed E-state index contributed by atoms with van der Waals surface area (Å²) in [6, 6.07) is 8.09. The Labute approximate surface area is 163 Å². The Kier molecular flexibility index (Phi) is 7.76. The minimum absolute atomic E-state index is 0.116. The van der Waals surface area contributed by atoms with E-state index in [1.165, 1.54) is 18.2 Å². The van der Waals surface area contributed by atoms with Gasteiger partial charge in [0.15, 0.2) is 0 Å². The summed E-state index contributed by atoms with van der Waals surface area (Å²) in [7, 11) is -3.92. The van der Waals surface area contributed by atoms with Gasteiger partial charge in [0.2, 0.25) is 5.91 Å². The van der Waals surface area contributed by atoms with E-state index in [9.17, 15) is 17.6 Å². The van der Waals surface area contributed by atoms with Gasteiger partial charge in [-0.15, -0.1) is 11.3 Å². The number of nitrogens with one attached hydrogen (secondary N) is 1. The molecule has 1 heterocycles. The molecule has 1 amide bonds. The molecule has 0 spiro atoms. The highest BCUT2D eigenvalue weighted by atomic mass is 32.2. The molecule has 1 N–H and O–H groups in total. The molecule has 27 heavy (non-hydrogen) atoms. The lowest BCUT2D eigenvalue weighted by Gasteiger charge is -2.23. The number of rotatable bonds is 10. The van der Waals surface area contributed by atoms with Crippen molar-refractivity contribution < 1.29 is 22.3 Å². The lowest BCUT2D eigenvalue weighted by Crippen LogP contribution is -2.41. The number of ether oxygens (including phenoxy) is 1. The molecule has 0 aliphatic rings. The summed E-state index contributed by atoms with van der Waals surface area (Å²) in [4.78, 5) is 12.3. The van der Waals surface area contributed by atoms with Crippen LogP contribution in [0.2, 0.25) is 0 Å². The Balaban J connectivity index is 2.09. The zero-order valence-corrected chi connectivity index (χ0v) is 16.9. The number of anilines is 1. The number of hydrogen-bond donors (Lipinski definition) is 1. The topological polar surface area (TPSA) is 75.7 Å². The average molecular weight is 415 g/mol. The van der Waals surface area contributed by atoms with Gasteiger partial charge in [-0.3, -0.25) is 9.10 Å². The fourth-order valence-corrected chi connectivity index (χ4v) is 4.77. The molecule has 0 aliphatic carbocycles. The third-order valence-corrected chi connectivity index (χ3v) is 6.68. The maximum Gasteiger partial charge on any atom is 0.274 e. The fourth-order valence-electron chi connectivity index (χ4n) is 2.25. The third-order valence-electron chi connectivity index (χ3n) is 3.54. The van der Waals surface area contributed by atoms with Gasteiger partial charge in [0.25, 0.3) is 10.0 Å². The van der Waals surface area contributed by atoms with Crippen molar-refractivity contribution in [3.63, 3.8) is 0 Å². The lowest BCUT2D eigenvalue weighted by molar-refractivity contribution is -0.119. The first-order valence-electron chi connectivity index (χ1n) is 8.51. The van der Waals surface area contributed by atoms with Gasteiger partial charge in [0.1, 0.15) is 16.6 Å². The van der Waals surface area contributed by atoms with E-state index in [1.54, 1.807) is 11.4 Å². The van der Waals surface area contributed by atoms with Gasteiger partial charge < -0.3 is 10.1 Å². The van der Waals surface area contributed by atoms with Gasteiger partial charge in [-0.05, 0) is 56.0 Å². The molecular formula is C18H23FN2O4S2. The summed E-state index contributed by atoms with van der Waals surface area (Å²) in [5, 5.41) is 4.33. The molecule has 0 unspecified atom stereocenters. The molecule has 0 fully saturated rings. The van der Waals surface area contributed by atoms with E-state index in [0.29, 0.717) is 19.6 Å². The first-order valence-corrected chi connectivity index (χ1v) is 10.8. The second kappa shape index (κ2) is 9.82. The number of sulfonamides is 1. The van der Waals surface area contributed by atoms with E-state index in [2.05, 4.69) is 5.32 Å². The Morgan fingerprint density at radius 1 is 1.26 bits per heavy atom. The van der Waals surface area contributed by atoms with Gasteiger partial charge in [0, 0.05) is 13.2 Å². The first kappa shape index (κ1) is 21.3. The van der Waals surface area contributed by atoms with Crippen LogP contribution in [0, 0.1) is 5.82 Å². The van der Waals surface area contributed by atoms with E-state index in [4.69, 9.17) is 4.74 Å². The Morgan fingerprint density at radius 3 is 2.56 bits per heavy atom. The second-order valence-corrected chi connectivity index (χ2v) is 9.08. The molecular weight excluding hydrogens is 391 g/mol. The molecule has 0 bridgehead atoms. The normalized spacial score (nSPS) is 11.6. The van der Waals surface area contributed by atoms with E-state index >= 15 is 0 Å². The van der Waals surface area contributed by atoms with Crippen LogP contribution in [0.5, 0.6) is 0 Å². The van der Waals surface area contributed by atoms with Crippen molar-refractivity contribution in [1.82, 2.24) is 5.32 Å². The predicted octanol–water partition coefficient (Wildman–Crippen LogP) is 3.01. The number of nitrogens with zero attached hydrogens (tertiary/aromatic N) is 1. The van der Waals surface area contributed by atoms with Gasteiger partial charge >= 0.3 is 0 Å². The Hall–Kier alpha value is -1.97. The molecule has 148 valence electrons. The molecule has 2 rings (SSSR count). The molecule has 0 radical (unpaired) electrons. The zero-order valence-electron chi connectivity index (χ0n) is 15.2. The standard InChI is InChI=1S/C18H23FN2O4S2/c1-14(2)25-11-4-10-20-17(22)13-21(16-8-6-15(19)7-9-16)27(23,24)18-5-3-12-26-18/h3,5-9,12,14H,4,10-11,13H2,1-2H3,(H,20,22). The SMILES string of the molecule is CC(C)OCCCNC(=O)CN(c1ccc(F)cc1)S(=O)(=O)c1cccs1. The Morgan fingerprint density at radius 2 is 1.96 bits per heavy atom. The maximum atomic E-state index is 13.2. The summed E-state index contributed by atoms with van der Waals surface area (Å²) >= 11 is 1.06. The maximum absolute atomic E-state index is 13.2. The van der Waals surface area contributed by atoms with E-state index in [1.807, 2.05) is 13.8 Å². The number of carbonyl (C=O) groups is 1. The second-order valence-electron chi connectivity index (χ2n) is 6.04. The highest BCUT2D eigenvalue weighted by Crippen LogP contribution is 2.26. The summed E-state index contributed by atoms with van der Waals surface area (Å²) < 4.78 is 45.5. The monoisotopic (exact) mass is 414 g/mol. The molecule has 1 aromatic heterocycles. The van der Waals surface area contributed by atoms with Gasteiger partial charge in [0.05, 0.1) is 11.8 Å². The van der Waals surface area contributed by atoms with E-state index < -0.39 is 28.3 Å². The van der Waals surface area contributed by atoms with Crippen molar-refractivity contribution in [3.8, 4) is 0 Å². The van der Waals surface area contributed by atoms with Crippen molar-refractivity contribution in [2.24, 2.45) is 0 Å². The van der Waals surface area contributed by atoms with Crippen LogP contribution in [-0.2, 0) is 19.6 Å². The predicted molar refractivity (Wildman–Crippen MR) is 104 cm³/mol. The number of thiophene rings is 1. The minimum atomic E-state index is -3.92. The van der Waals surface area contributed by atoms with E-state index in [0.717, 1.165) is 27.8 Å². The molecule has 0 saturated carbocycles. The average Bonchev–Trinajstić information content (AvgIpc) is 3.15. The van der Waals surface area contributed by atoms with Crippen LogP contribution < -0.4 is 9.62 Å². The van der Waals surface area contributed by atoms with Gasteiger partial charge in [-0.1, -0.05) is 6.07 Å². The molecule has 0 atom stereocenters. The molecule has 6 nitrogen and oxygen atoms in total. The van der Waals surface area contributed by atoms with Crippen LogP contribution in [0.25, 0.3) is 0 Å². The minimum Gasteiger partial charge on any atom is -0.379 e. The summed E-state index contributed by atoms with van der Waals surface area (Å²) in [6.45, 7) is 4.34. The third kappa shape index (κ3) is 6.30. The number of carbonyl (C=O) groups excluding carboxylic acids is 1. The van der Waals surface area contributed by atoms with Crippen LogP contribution in [0.3, 0.4) is 0 Å². The van der Waals surface area contributed by atoms with Crippen molar-refractivity contribution in [3.05, 3.63) is 47.6 Å². The Bertz CT molecular complexity index is 822. The van der Waals surface area contributed by atoms with Crippen LogP contribution in [0.4, 0.5) is 10.1 Å². The molecule has 2 aromatic rings. The molecule has 9 heteroatoms. The highest BCUT2D eigenvalue weighted by Gasteiger charge is 2.28. The summed E-state index contributed by atoms with van der Waals surface area (Å²) in [5.41, 5.74) is 0.225. The van der Waals surface area contributed by atoms with Crippen LogP contribution >= 0.6 is 11.3 Å². The fraction of sp³-hybridized carbons (Fsp3) is 0.389. The van der Waals surface area contributed by atoms with Crippen molar-refractivity contribution in [2.45, 2.75) is 30.6 Å². The highest BCUT2D eigenvalue weighted by molar-refractivity contribution is 7.94. The summed E-state index contributed by atoms with van der Waals surface area (Å²) in [6.07, 6.45) is 0.739. The van der Waals surface area contributed by atoms with Crippen LogP contribution in [0.15, 0.2) is 46.0 Å². The van der Waals surface area contributed by atoms with Crippen LogP contribution in [0.1, 0.15) is 20.3 Å². The molecule has 1 aromatic carbocycles. The quantitative estimate of drug-likeness (QED) is 0.607. The number of hydrogen-bond acceptors (Lipinski definition) is 5. The number of benzene rings is 1. The largest absolute Gasteiger partial charge is 0.379 e. The van der Waals surface area contributed by atoms with Crippen molar-refractivity contribution >= 4 is 33.0 Å². The molecule has 0 saturated heterocycles. The summed E-state index contributed by atoms with van der Waals surface area (Å²) in [5.74, 6) is -0.925. The van der Waals surface area contributed by atoms with Crippen molar-refractivity contribution in [1.29, 1.82) is 0 Å². The van der Waals surface area contributed by atoms with E-state index in [-0.39, 0.29) is 16.0 Å². The lowest BCUT2D eigenvalue weighted by atomic mass is 10.3. The smallest absolute Gasteiger partial charge is 0.274 e.